The summed E-state index contributed by atoms with van der Waals surface area (Å²) in [5.74, 6) is 0.851. The number of halogens is 2. The van der Waals surface area contributed by atoms with Crippen molar-refractivity contribution in [1.82, 2.24) is 5.32 Å². The highest BCUT2D eigenvalue weighted by molar-refractivity contribution is 9.10. The molecule has 8 heteroatoms. The maximum absolute atomic E-state index is 11.3. The zero-order chi connectivity index (χ0) is 21.6. The monoisotopic (exact) mass is 524 g/mol. The van der Waals surface area contributed by atoms with E-state index < -0.39 is 10.0 Å². The topological polar surface area (TPSA) is 81.4 Å². The highest BCUT2D eigenvalue weighted by Crippen LogP contribution is 2.24. The van der Waals surface area contributed by atoms with Crippen molar-refractivity contribution < 1.29 is 13.2 Å². The minimum absolute atomic E-state index is 0. The van der Waals surface area contributed by atoms with Crippen LogP contribution in [-0.4, -0.2) is 15.0 Å². The van der Waals surface area contributed by atoms with E-state index in [-0.39, 0.29) is 17.3 Å². The van der Waals surface area contributed by atoms with Gasteiger partial charge in [0.05, 0.1) is 4.90 Å². The average Bonchev–Trinajstić information content (AvgIpc) is 2.71. The summed E-state index contributed by atoms with van der Waals surface area (Å²) >= 11 is 3.53. The molecule has 0 bridgehead atoms. The number of benzene rings is 3. The second-order valence-corrected chi connectivity index (χ2v) is 9.62. The van der Waals surface area contributed by atoms with Crippen molar-refractivity contribution in [2.45, 2.75) is 31.4 Å². The Morgan fingerprint density at radius 1 is 0.968 bits per heavy atom. The van der Waals surface area contributed by atoms with Gasteiger partial charge in [-0.3, -0.25) is 0 Å². The zero-order valence-electron chi connectivity index (χ0n) is 17.2. The Balaban J connectivity index is 0.00000341. The van der Waals surface area contributed by atoms with E-state index in [0.29, 0.717) is 13.2 Å². The Morgan fingerprint density at radius 3 is 2.26 bits per heavy atom. The molecular formula is C23H26BrClN2O3S. The van der Waals surface area contributed by atoms with Crippen molar-refractivity contribution in [2.75, 3.05) is 6.54 Å². The molecule has 0 unspecified atom stereocenters. The van der Waals surface area contributed by atoms with Crippen molar-refractivity contribution in [2.24, 2.45) is 5.14 Å². The molecule has 3 N–H and O–H groups in total. The maximum atomic E-state index is 11.3. The predicted molar refractivity (Wildman–Crippen MR) is 130 cm³/mol. The van der Waals surface area contributed by atoms with Crippen LogP contribution in [0.1, 0.15) is 22.3 Å². The van der Waals surface area contributed by atoms with Crippen LogP contribution in [0.25, 0.3) is 0 Å². The normalized spacial score (nSPS) is 11.1. The van der Waals surface area contributed by atoms with Crippen LogP contribution < -0.4 is 15.2 Å². The summed E-state index contributed by atoms with van der Waals surface area (Å²) < 4.78 is 29.7. The Labute approximate surface area is 198 Å². The Bertz CT molecular complexity index is 1090. The van der Waals surface area contributed by atoms with Gasteiger partial charge in [-0.2, -0.15) is 0 Å². The lowest BCUT2D eigenvalue weighted by Crippen LogP contribution is -2.17. The quantitative estimate of drug-likeness (QED) is 0.396. The molecule has 3 aromatic carbocycles. The summed E-state index contributed by atoms with van der Waals surface area (Å²) in [4.78, 5) is 0.128. The third kappa shape index (κ3) is 7.94. The fourth-order valence-electron chi connectivity index (χ4n) is 2.97. The molecular weight excluding hydrogens is 500 g/mol. The first-order chi connectivity index (χ1) is 14.3. The van der Waals surface area contributed by atoms with E-state index in [0.717, 1.165) is 39.9 Å². The van der Waals surface area contributed by atoms with E-state index in [2.05, 4.69) is 58.5 Å². The highest BCUT2D eigenvalue weighted by Gasteiger charge is 2.08. The first-order valence-electron chi connectivity index (χ1n) is 9.60. The lowest BCUT2D eigenvalue weighted by atomic mass is 10.1. The number of hydrogen-bond acceptors (Lipinski definition) is 4. The molecule has 0 saturated carbocycles. The van der Waals surface area contributed by atoms with Gasteiger partial charge < -0.3 is 10.1 Å². The Kier molecular flexibility index (Phi) is 9.53. The molecule has 0 fully saturated rings. The van der Waals surface area contributed by atoms with Crippen molar-refractivity contribution in [3.63, 3.8) is 0 Å². The molecule has 0 aromatic heterocycles. The van der Waals surface area contributed by atoms with Crippen LogP contribution in [0.15, 0.2) is 76.1 Å². The van der Waals surface area contributed by atoms with E-state index in [1.54, 1.807) is 12.1 Å². The second kappa shape index (κ2) is 11.6. The molecule has 0 heterocycles. The molecule has 0 spiro atoms. The fraction of sp³-hybridized carbons (Fsp3) is 0.217. The van der Waals surface area contributed by atoms with Gasteiger partial charge in [0.2, 0.25) is 10.0 Å². The molecule has 0 amide bonds. The highest BCUT2D eigenvalue weighted by atomic mass is 79.9. The molecule has 166 valence electrons. The Morgan fingerprint density at radius 2 is 1.61 bits per heavy atom. The summed E-state index contributed by atoms with van der Waals surface area (Å²) in [6, 6.07) is 21.0. The smallest absolute Gasteiger partial charge is 0.238 e. The lowest BCUT2D eigenvalue weighted by Gasteiger charge is -2.13. The van der Waals surface area contributed by atoms with Gasteiger partial charge in [-0.15, -0.1) is 12.4 Å². The van der Waals surface area contributed by atoms with E-state index in [4.69, 9.17) is 9.88 Å². The first kappa shape index (κ1) is 25.4. The van der Waals surface area contributed by atoms with Crippen molar-refractivity contribution in [3.05, 3.63) is 93.5 Å². The van der Waals surface area contributed by atoms with Crippen molar-refractivity contribution >= 4 is 38.4 Å². The largest absolute Gasteiger partial charge is 0.489 e. The molecule has 31 heavy (non-hydrogen) atoms. The summed E-state index contributed by atoms with van der Waals surface area (Å²) in [5.41, 5.74) is 4.47. The van der Waals surface area contributed by atoms with Gasteiger partial charge in [0.1, 0.15) is 12.4 Å². The molecule has 0 aliphatic carbocycles. The maximum Gasteiger partial charge on any atom is 0.238 e. The second-order valence-electron chi connectivity index (χ2n) is 7.14. The summed E-state index contributed by atoms with van der Waals surface area (Å²) in [7, 11) is -3.65. The van der Waals surface area contributed by atoms with Gasteiger partial charge in [-0.25, -0.2) is 13.6 Å². The van der Waals surface area contributed by atoms with E-state index in [1.807, 2.05) is 12.1 Å². The van der Waals surface area contributed by atoms with Crippen LogP contribution in [-0.2, 0) is 29.6 Å². The predicted octanol–water partition coefficient (Wildman–Crippen LogP) is 4.74. The summed E-state index contributed by atoms with van der Waals surface area (Å²) in [5, 5.41) is 8.56. The van der Waals surface area contributed by atoms with Crippen molar-refractivity contribution in [3.8, 4) is 5.75 Å². The molecule has 0 saturated heterocycles. The number of sulfonamides is 1. The Hall–Kier alpha value is -1.90. The number of nitrogens with two attached hydrogens (primary N) is 1. The summed E-state index contributed by atoms with van der Waals surface area (Å²) in [6.45, 7) is 4.00. The van der Waals surface area contributed by atoms with E-state index >= 15 is 0 Å². The molecule has 3 aromatic rings. The fourth-order valence-corrected chi connectivity index (χ4v) is 3.90. The van der Waals surface area contributed by atoms with Crippen LogP contribution >= 0.6 is 28.3 Å². The standard InChI is InChI=1S/C23H25BrN2O3S.ClH/c1-17-2-4-19(5-3-17)16-29-23-11-8-21(24)14-20(23)15-26-13-12-18-6-9-22(10-7-18)30(25,27)28;/h2-11,14,26H,12-13,15-16H2,1H3,(H2,25,27,28);1H. The first-order valence-corrected chi connectivity index (χ1v) is 11.9. The van der Waals surface area contributed by atoms with Gasteiger partial charge in [0.15, 0.2) is 0 Å². The van der Waals surface area contributed by atoms with Gasteiger partial charge >= 0.3 is 0 Å². The number of rotatable bonds is 9. The van der Waals surface area contributed by atoms with E-state index in [9.17, 15) is 8.42 Å². The molecule has 0 radical (unpaired) electrons. The van der Waals surface area contributed by atoms with Crippen LogP contribution in [0.4, 0.5) is 0 Å². The van der Waals surface area contributed by atoms with Gasteiger partial charge in [0.25, 0.3) is 0 Å². The number of primary sulfonamides is 1. The van der Waals surface area contributed by atoms with Crippen molar-refractivity contribution in [1.29, 1.82) is 0 Å². The third-order valence-electron chi connectivity index (χ3n) is 4.70. The minimum atomic E-state index is -3.65. The molecule has 0 aliphatic rings. The van der Waals surface area contributed by atoms with Gasteiger partial charge in [-0.1, -0.05) is 57.9 Å². The SMILES string of the molecule is Cc1ccc(COc2ccc(Br)cc2CNCCc2ccc(S(N)(=O)=O)cc2)cc1.Cl. The number of aryl methyl sites for hydroxylation is 1. The third-order valence-corrected chi connectivity index (χ3v) is 6.12. The zero-order valence-corrected chi connectivity index (χ0v) is 20.4. The molecule has 0 aliphatic heterocycles. The van der Waals surface area contributed by atoms with Crippen LogP contribution in [0, 0.1) is 6.92 Å². The van der Waals surface area contributed by atoms with Gasteiger partial charge in [-0.05, 0) is 61.3 Å². The number of hydrogen-bond donors (Lipinski definition) is 2. The number of nitrogens with one attached hydrogen (secondary N) is 1. The molecule has 3 rings (SSSR count). The minimum Gasteiger partial charge on any atom is -0.489 e. The van der Waals surface area contributed by atoms with E-state index in [1.165, 1.54) is 17.7 Å². The van der Waals surface area contributed by atoms with Crippen LogP contribution in [0.2, 0.25) is 0 Å². The molecule has 5 nitrogen and oxygen atoms in total. The van der Waals surface area contributed by atoms with Crippen LogP contribution in [0.3, 0.4) is 0 Å². The summed E-state index contributed by atoms with van der Waals surface area (Å²) in [6.07, 6.45) is 0.776. The average molecular weight is 526 g/mol. The van der Waals surface area contributed by atoms with Crippen LogP contribution in [0.5, 0.6) is 5.75 Å². The number of ether oxygens (including phenoxy) is 1. The van der Waals surface area contributed by atoms with Gasteiger partial charge in [0, 0.05) is 16.6 Å². The molecule has 0 atom stereocenters. The lowest BCUT2D eigenvalue weighted by molar-refractivity contribution is 0.302.